The summed E-state index contributed by atoms with van der Waals surface area (Å²) in [5.74, 6) is 2.68. The first-order valence-electron chi connectivity index (χ1n) is 8.91. The van der Waals surface area contributed by atoms with Crippen LogP contribution in [0.25, 0.3) is 0 Å². The van der Waals surface area contributed by atoms with E-state index >= 15 is 0 Å². The Morgan fingerprint density at radius 2 is 2.15 bits per heavy atom. The molecular formula is C18H23N7S. The second-order valence-corrected chi connectivity index (χ2v) is 7.52. The molecule has 0 saturated carbocycles. The van der Waals surface area contributed by atoms with E-state index in [1.54, 1.807) is 17.5 Å². The van der Waals surface area contributed by atoms with Crippen LogP contribution in [0.3, 0.4) is 0 Å². The number of anilines is 2. The number of likely N-dealkylation sites (tertiary alicyclic amines) is 1. The third-order valence-electron chi connectivity index (χ3n) is 4.75. The Kier molecular flexibility index (Phi) is 4.94. The van der Waals surface area contributed by atoms with Gasteiger partial charge in [-0.25, -0.2) is 19.9 Å². The minimum atomic E-state index is 0.291. The second-order valence-electron chi connectivity index (χ2n) is 6.62. The van der Waals surface area contributed by atoms with Crippen LogP contribution in [-0.2, 0) is 13.6 Å². The molecule has 0 aromatic carbocycles. The number of thiazole rings is 1. The molecule has 1 atom stereocenters. The highest BCUT2D eigenvalue weighted by molar-refractivity contribution is 7.13. The van der Waals surface area contributed by atoms with Gasteiger partial charge in [-0.15, -0.1) is 11.3 Å². The van der Waals surface area contributed by atoms with Gasteiger partial charge in [0.05, 0.1) is 18.3 Å². The minimum absolute atomic E-state index is 0.291. The van der Waals surface area contributed by atoms with Gasteiger partial charge in [-0.3, -0.25) is 4.90 Å². The first kappa shape index (κ1) is 17.1. The Morgan fingerprint density at radius 1 is 1.23 bits per heavy atom. The summed E-state index contributed by atoms with van der Waals surface area (Å²) in [6.07, 6.45) is 9.20. The Morgan fingerprint density at radius 3 is 2.92 bits per heavy atom. The molecule has 1 saturated heterocycles. The van der Waals surface area contributed by atoms with Gasteiger partial charge in [0.1, 0.15) is 17.5 Å². The number of imidazole rings is 1. The number of aryl methyl sites for hydroxylation is 2. The number of nitrogens with zero attached hydrogens (tertiary/aromatic N) is 6. The van der Waals surface area contributed by atoms with Gasteiger partial charge in [-0.1, -0.05) is 6.42 Å². The van der Waals surface area contributed by atoms with Crippen molar-refractivity contribution in [2.24, 2.45) is 7.05 Å². The quantitative estimate of drug-likeness (QED) is 0.743. The summed E-state index contributed by atoms with van der Waals surface area (Å²) in [5, 5.41) is 6.10. The molecule has 0 radical (unpaired) electrons. The lowest BCUT2D eigenvalue weighted by Gasteiger charge is -2.35. The van der Waals surface area contributed by atoms with Crippen LogP contribution in [0.2, 0.25) is 0 Å². The van der Waals surface area contributed by atoms with E-state index in [9.17, 15) is 0 Å². The zero-order valence-electron chi connectivity index (χ0n) is 15.1. The lowest BCUT2D eigenvalue weighted by atomic mass is 9.99. The normalized spacial score (nSPS) is 18.2. The summed E-state index contributed by atoms with van der Waals surface area (Å²) >= 11 is 1.57. The van der Waals surface area contributed by atoms with Crippen molar-refractivity contribution in [3.8, 4) is 0 Å². The van der Waals surface area contributed by atoms with Crippen molar-refractivity contribution >= 4 is 22.3 Å². The lowest BCUT2D eigenvalue weighted by molar-refractivity contribution is 0.132. The molecule has 3 aromatic heterocycles. The smallest absolute Gasteiger partial charge is 0.188 e. The van der Waals surface area contributed by atoms with Crippen molar-refractivity contribution in [2.75, 3.05) is 11.9 Å². The van der Waals surface area contributed by atoms with E-state index < -0.39 is 0 Å². The second kappa shape index (κ2) is 7.51. The van der Waals surface area contributed by atoms with Crippen LogP contribution in [-0.4, -0.2) is 35.9 Å². The van der Waals surface area contributed by atoms with Gasteiger partial charge >= 0.3 is 0 Å². The summed E-state index contributed by atoms with van der Waals surface area (Å²) in [7, 11) is 2.05. The molecule has 0 aliphatic carbocycles. The Balaban J connectivity index is 1.59. The number of aromatic nitrogens is 5. The molecule has 8 heteroatoms. The highest BCUT2D eigenvalue weighted by atomic mass is 32.1. The fourth-order valence-corrected chi connectivity index (χ4v) is 4.00. The number of piperidine rings is 1. The fourth-order valence-electron chi connectivity index (χ4n) is 3.47. The maximum Gasteiger partial charge on any atom is 0.188 e. The molecule has 1 aliphatic rings. The number of rotatable bonds is 5. The molecular weight excluding hydrogens is 346 g/mol. The number of nitrogens with one attached hydrogen (secondary N) is 1. The molecule has 0 spiro atoms. The Bertz CT molecular complexity index is 858. The number of hydrogen-bond donors (Lipinski definition) is 1. The molecule has 7 nitrogen and oxygen atoms in total. The van der Waals surface area contributed by atoms with Gasteiger partial charge in [-0.2, -0.15) is 0 Å². The van der Waals surface area contributed by atoms with Gasteiger partial charge in [0, 0.05) is 37.1 Å². The predicted molar refractivity (Wildman–Crippen MR) is 102 cm³/mol. The van der Waals surface area contributed by atoms with Crippen LogP contribution in [0.15, 0.2) is 30.0 Å². The van der Waals surface area contributed by atoms with E-state index in [4.69, 9.17) is 4.98 Å². The Labute approximate surface area is 157 Å². The zero-order valence-corrected chi connectivity index (χ0v) is 15.9. The van der Waals surface area contributed by atoms with Crippen molar-refractivity contribution in [3.05, 3.63) is 47.4 Å². The highest BCUT2D eigenvalue weighted by Crippen LogP contribution is 2.32. The first-order chi connectivity index (χ1) is 12.7. The predicted octanol–water partition coefficient (Wildman–Crippen LogP) is 3.45. The zero-order chi connectivity index (χ0) is 17.9. The third-order valence-corrected chi connectivity index (χ3v) is 5.43. The van der Waals surface area contributed by atoms with Crippen LogP contribution in [0, 0.1) is 6.92 Å². The fraction of sp³-hybridized carbons (Fsp3) is 0.444. The van der Waals surface area contributed by atoms with Crippen molar-refractivity contribution in [1.29, 1.82) is 0 Å². The van der Waals surface area contributed by atoms with Gasteiger partial charge in [0.2, 0.25) is 0 Å². The van der Waals surface area contributed by atoms with Crippen LogP contribution in [0.5, 0.6) is 0 Å². The van der Waals surface area contributed by atoms with E-state index in [0.717, 1.165) is 47.8 Å². The van der Waals surface area contributed by atoms with E-state index in [1.807, 2.05) is 31.7 Å². The maximum absolute atomic E-state index is 4.75. The molecule has 0 unspecified atom stereocenters. The largest absolute Gasteiger partial charge is 0.337 e. The maximum atomic E-state index is 4.75. The average Bonchev–Trinajstić information content (AvgIpc) is 3.27. The molecule has 1 N–H and O–H groups in total. The molecule has 0 amide bonds. The monoisotopic (exact) mass is 369 g/mol. The summed E-state index contributed by atoms with van der Waals surface area (Å²) in [6.45, 7) is 3.85. The summed E-state index contributed by atoms with van der Waals surface area (Å²) < 4.78 is 2.09. The molecule has 4 heterocycles. The third kappa shape index (κ3) is 3.76. The molecule has 1 aliphatic heterocycles. The molecule has 3 aromatic rings. The van der Waals surface area contributed by atoms with Gasteiger partial charge in [0.25, 0.3) is 0 Å². The van der Waals surface area contributed by atoms with Gasteiger partial charge in [0.15, 0.2) is 5.13 Å². The summed E-state index contributed by atoms with van der Waals surface area (Å²) in [4.78, 5) is 20.5. The Hall–Kier alpha value is -2.32. The van der Waals surface area contributed by atoms with Crippen molar-refractivity contribution in [3.63, 3.8) is 0 Å². The molecule has 136 valence electrons. The summed E-state index contributed by atoms with van der Waals surface area (Å²) in [6, 6.07) is 2.36. The number of hydrogen-bond acceptors (Lipinski definition) is 7. The SMILES string of the molecule is Cc1nc(Nc2nccs2)cc([C@@H]2CCCCN2Cc2nccn2C)n1. The molecule has 4 rings (SSSR count). The minimum Gasteiger partial charge on any atom is -0.337 e. The van der Waals surface area contributed by atoms with Crippen molar-refractivity contribution < 1.29 is 0 Å². The highest BCUT2D eigenvalue weighted by Gasteiger charge is 2.26. The van der Waals surface area contributed by atoms with Crippen LogP contribution in [0.4, 0.5) is 10.9 Å². The van der Waals surface area contributed by atoms with E-state index in [1.165, 1.54) is 12.8 Å². The van der Waals surface area contributed by atoms with Crippen LogP contribution in [0.1, 0.15) is 42.6 Å². The standard InChI is InChI=1S/C18H23N7S/c1-13-21-14(11-16(22-13)23-18-20-7-10-26-18)15-5-3-4-8-25(15)12-17-19-6-9-24(17)2/h6-7,9-11,15H,3-5,8,12H2,1-2H3,(H,20,21,22,23)/t15-/m0/s1. The van der Waals surface area contributed by atoms with E-state index in [0.29, 0.717) is 6.04 Å². The van der Waals surface area contributed by atoms with Crippen molar-refractivity contribution in [2.45, 2.75) is 38.8 Å². The average molecular weight is 369 g/mol. The van der Waals surface area contributed by atoms with E-state index in [2.05, 4.69) is 35.8 Å². The van der Waals surface area contributed by atoms with Gasteiger partial charge in [-0.05, 0) is 26.3 Å². The molecule has 1 fully saturated rings. The van der Waals surface area contributed by atoms with Gasteiger partial charge < -0.3 is 9.88 Å². The molecule has 26 heavy (non-hydrogen) atoms. The summed E-state index contributed by atoms with van der Waals surface area (Å²) in [5.41, 5.74) is 1.07. The van der Waals surface area contributed by atoms with Crippen LogP contribution < -0.4 is 5.32 Å². The lowest BCUT2D eigenvalue weighted by Crippen LogP contribution is -2.34. The van der Waals surface area contributed by atoms with E-state index in [-0.39, 0.29) is 0 Å². The first-order valence-corrected chi connectivity index (χ1v) is 9.79. The van der Waals surface area contributed by atoms with Crippen LogP contribution >= 0.6 is 11.3 Å². The van der Waals surface area contributed by atoms with Crippen molar-refractivity contribution in [1.82, 2.24) is 29.4 Å². The molecule has 0 bridgehead atoms. The topological polar surface area (TPSA) is 71.8 Å².